The molecule has 0 saturated carbocycles. The Hall–Kier alpha value is -1.34. The molecular weight excluding hydrogens is 292 g/mol. The third-order valence-corrected chi connectivity index (χ3v) is 5.62. The molecule has 0 radical (unpaired) electrons. The number of carbonyl (C=O) groups excluding carboxylic acids is 1. The molecule has 0 aliphatic carbocycles. The molecule has 1 N–H and O–H groups in total. The second kappa shape index (κ2) is 6.62. The summed E-state index contributed by atoms with van der Waals surface area (Å²) in [6.07, 6.45) is 2.11. The lowest BCUT2D eigenvalue weighted by Crippen LogP contribution is -2.48. The Balaban J connectivity index is 1.91. The summed E-state index contributed by atoms with van der Waals surface area (Å²) in [5.41, 5.74) is 0. The van der Waals surface area contributed by atoms with Crippen molar-refractivity contribution in [1.82, 2.24) is 10.2 Å². The van der Waals surface area contributed by atoms with Gasteiger partial charge in [0.25, 0.3) is 0 Å². The first-order chi connectivity index (χ1) is 9.91. The van der Waals surface area contributed by atoms with Gasteiger partial charge in [0.1, 0.15) is 5.76 Å². The quantitative estimate of drug-likeness (QED) is 0.840. The Labute approximate surface area is 125 Å². The molecule has 118 valence electrons. The molecule has 21 heavy (non-hydrogen) atoms. The molecule has 2 rings (SSSR count). The normalized spacial score (nSPS) is 22.3. The summed E-state index contributed by atoms with van der Waals surface area (Å²) in [6.45, 7) is 5.07. The lowest BCUT2D eigenvalue weighted by atomic mass is 10.2. The smallest absolute Gasteiger partial charge is 0.237 e. The molecule has 1 aliphatic rings. The summed E-state index contributed by atoms with van der Waals surface area (Å²) < 4.78 is 28.1. The van der Waals surface area contributed by atoms with Crippen LogP contribution in [0.5, 0.6) is 0 Å². The van der Waals surface area contributed by atoms with Gasteiger partial charge in [-0.2, -0.15) is 0 Å². The summed E-state index contributed by atoms with van der Waals surface area (Å²) in [6, 6.07) is 3.10. The second-order valence-corrected chi connectivity index (χ2v) is 7.66. The van der Waals surface area contributed by atoms with E-state index in [0.29, 0.717) is 19.5 Å². The molecule has 0 spiro atoms. The van der Waals surface area contributed by atoms with E-state index >= 15 is 0 Å². The number of rotatable bonds is 6. The molecule has 1 amide bonds. The van der Waals surface area contributed by atoms with E-state index in [1.165, 1.54) is 0 Å². The van der Waals surface area contributed by atoms with E-state index in [2.05, 4.69) is 5.32 Å². The minimum absolute atomic E-state index is 0.0514. The summed E-state index contributed by atoms with van der Waals surface area (Å²) in [7, 11) is -2.98. The molecule has 2 atom stereocenters. The Morgan fingerprint density at radius 1 is 1.57 bits per heavy atom. The Kier molecular flexibility index (Phi) is 5.05. The first-order valence-corrected chi connectivity index (χ1v) is 9.00. The Morgan fingerprint density at radius 3 is 2.86 bits per heavy atom. The average molecular weight is 314 g/mol. The minimum Gasteiger partial charge on any atom is -0.468 e. The first-order valence-electron chi connectivity index (χ1n) is 7.18. The van der Waals surface area contributed by atoms with Gasteiger partial charge < -0.3 is 9.73 Å². The maximum atomic E-state index is 12.3. The molecule has 0 aromatic carbocycles. The maximum absolute atomic E-state index is 12.3. The summed E-state index contributed by atoms with van der Waals surface area (Å²) >= 11 is 0. The van der Waals surface area contributed by atoms with Gasteiger partial charge in [0.15, 0.2) is 9.84 Å². The zero-order valence-electron chi connectivity index (χ0n) is 12.4. The molecule has 2 heterocycles. The third kappa shape index (κ3) is 4.31. The van der Waals surface area contributed by atoms with Crippen molar-refractivity contribution in [3.8, 4) is 0 Å². The SMILES string of the molecule is CCN(Cc1ccco1)C(C)C(=O)NC1CCS(=O)(=O)C1. The standard InChI is InChI=1S/C14H22N2O4S/c1-3-16(9-13-5-4-7-20-13)11(2)14(17)15-12-6-8-21(18,19)10-12/h4-5,7,11-12H,3,6,8-10H2,1-2H3,(H,15,17). The lowest BCUT2D eigenvalue weighted by Gasteiger charge is -2.27. The lowest BCUT2D eigenvalue weighted by molar-refractivity contribution is -0.126. The number of hydrogen-bond acceptors (Lipinski definition) is 5. The fraction of sp³-hybridized carbons (Fsp3) is 0.643. The fourth-order valence-corrected chi connectivity index (χ4v) is 4.20. The maximum Gasteiger partial charge on any atom is 0.237 e. The zero-order chi connectivity index (χ0) is 15.5. The van der Waals surface area contributed by atoms with Crippen LogP contribution in [0.4, 0.5) is 0 Å². The van der Waals surface area contributed by atoms with E-state index in [4.69, 9.17) is 4.42 Å². The topological polar surface area (TPSA) is 79.6 Å². The van der Waals surface area contributed by atoms with Gasteiger partial charge in [-0.25, -0.2) is 8.42 Å². The number of sulfone groups is 1. The third-order valence-electron chi connectivity index (χ3n) is 3.85. The van der Waals surface area contributed by atoms with Crippen LogP contribution in [0.2, 0.25) is 0 Å². The van der Waals surface area contributed by atoms with Gasteiger partial charge in [-0.15, -0.1) is 0 Å². The predicted octanol–water partition coefficient (Wildman–Crippen LogP) is 0.793. The van der Waals surface area contributed by atoms with Gasteiger partial charge >= 0.3 is 0 Å². The van der Waals surface area contributed by atoms with E-state index in [-0.39, 0.29) is 29.5 Å². The van der Waals surface area contributed by atoms with Crippen molar-refractivity contribution in [1.29, 1.82) is 0 Å². The van der Waals surface area contributed by atoms with Crippen molar-refractivity contribution in [3.05, 3.63) is 24.2 Å². The summed E-state index contributed by atoms with van der Waals surface area (Å²) in [4.78, 5) is 14.2. The van der Waals surface area contributed by atoms with E-state index in [0.717, 1.165) is 5.76 Å². The fourth-order valence-electron chi connectivity index (χ4n) is 2.52. The zero-order valence-corrected chi connectivity index (χ0v) is 13.2. The molecule has 1 aromatic rings. The molecule has 7 heteroatoms. The predicted molar refractivity (Wildman–Crippen MR) is 79.5 cm³/mol. The minimum atomic E-state index is -2.98. The highest BCUT2D eigenvalue weighted by Gasteiger charge is 2.31. The average Bonchev–Trinajstić information content (AvgIpc) is 3.04. The van der Waals surface area contributed by atoms with Crippen molar-refractivity contribution < 1.29 is 17.6 Å². The van der Waals surface area contributed by atoms with Crippen LogP contribution in [0.3, 0.4) is 0 Å². The van der Waals surface area contributed by atoms with Crippen LogP contribution in [0.1, 0.15) is 26.0 Å². The molecule has 2 unspecified atom stereocenters. The molecule has 1 saturated heterocycles. The van der Waals surface area contributed by atoms with Crippen molar-refractivity contribution in [2.24, 2.45) is 0 Å². The number of amides is 1. The monoisotopic (exact) mass is 314 g/mol. The highest BCUT2D eigenvalue weighted by atomic mass is 32.2. The van der Waals surface area contributed by atoms with Crippen LogP contribution >= 0.6 is 0 Å². The number of furan rings is 1. The van der Waals surface area contributed by atoms with Gasteiger partial charge in [-0.05, 0) is 32.0 Å². The van der Waals surface area contributed by atoms with E-state index < -0.39 is 9.84 Å². The van der Waals surface area contributed by atoms with E-state index in [1.807, 2.05) is 30.9 Å². The highest BCUT2D eigenvalue weighted by molar-refractivity contribution is 7.91. The van der Waals surface area contributed by atoms with Crippen LogP contribution in [-0.4, -0.2) is 49.4 Å². The first kappa shape index (κ1) is 16.0. The van der Waals surface area contributed by atoms with Crippen LogP contribution in [0.15, 0.2) is 22.8 Å². The van der Waals surface area contributed by atoms with Crippen molar-refractivity contribution in [2.75, 3.05) is 18.1 Å². The number of carbonyl (C=O) groups is 1. The van der Waals surface area contributed by atoms with Crippen LogP contribution in [0.25, 0.3) is 0 Å². The Bertz CT molecular complexity index is 568. The number of likely N-dealkylation sites (N-methyl/N-ethyl adjacent to an activating group) is 1. The molecule has 6 nitrogen and oxygen atoms in total. The largest absolute Gasteiger partial charge is 0.468 e. The number of nitrogens with zero attached hydrogens (tertiary/aromatic N) is 1. The Morgan fingerprint density at radius 2 is 2.33 bits per heavy atom. The summed E-state index contributed by atoms with van der Waals surface area (Å²) in [5, 5.41) is 2.84. The van der Waals surface area contributed by atoms with Crippen LogP contribution in [0, 0.1) is 0 Å². The van der Waals surface area contributed by atoms with Gasteiger partial charge in [-0.3, -0.25) is 9.69 Å². The van der Waals surface area contributed by atoms with Crippen molar-refractivity contribution in [3.63, 3.8) is 0 Å². The number of nitrogens with one attached hydrogen (secondary N) is 1. The number of hydrogen-bond donors (Lipinski definition) is 1. The summed E-state index contributed by atoms with van der Waals surface area (Å²) in [5.74, 6) is 0.886. The molecule has 0 bridgehead atoms. The molecule has 1 aromatic heterocycles. The van der Waals surface area contributed by atoms with Gasteiger partial charge in [0.05, 0.1) is 30.4 Å². The van der Waals surface area contributed by atoms with Crippen molar-refractivity contribution >= 4 is 15.7 Å². The molecule has 1 aliphatic heterocycles. The van der Waals surface area contributed by atoms with Crippen LogP contribution in [-0.2, 0) is 21.2 Å². The van der Waals surface area contributed by atoms with E-state index in [1.54, 1.807) is 6.26 Å². The second-order valence-electron chi connectivity index (χ2n) is 5.43. The van der Waals surface area contributed by atoms with Gasteiger partial charge in [0.2, 0.25) is 5.91 Å². The van der Waals surface area contributed by atoms with Crippen molar-refractivity contribution in [2.45, 2.75) is 38.9 Å². The van der Waals surface area contributed by atoms with Crippen LogP contribution < -0.4 is 5.32 Å². The van der Waals surface area contributed by atoms with Gasteiger partial charge in [-0.1, -0.05) is 6.92 Å². The highest BCUT2D eigenvalue weighted by Crippen LogP contribution is 2.13. The molecular formula is C14H22N2O4S. The van der Waals surface area contributed by atoms with Gasteiger partial charge in [0, 0.05) is 6.04 Å². The van der Waals surface area contributed by atoms with E-state index in [9.17, 15) is 13.2 Å². The molecule has 1 fully saturated rings.